The van der Waals surface area contributed by atoms with Crippen molar-refractivity contribution < 1.29 is 23.9 Å². The Kier molecular flexibility index (Phi) is 8.01. The predicted molar refractivity (Wildman–Crippen MR) is 77.6 cm³/mol. The Morgan fingerprint density at radius 1 is 0.952 bits per heavy atom. The number of carbonyl (C=O) groups excluding carboxylic acids is 3. The van der Waals surface area contributed by atoms with Crippen molar-refractivity contribution in [2.24, 2.45) is 11.8 Å². The number of hydrogen-bond donors (Lipinski definition) is 0. The minimum atomic E-state index is -0.237. The van der Waals surface area contributed by atoms with Crippen LogP contribution in [0.25, 0.3) is 0 Å². The van der Waals surface area contributed by atoms with E-state index in [1.807, 2.05) is 0 Å². The van der Waals surface area contributed by atoms with Crippen molar-refractivity contribution in [3.63, 3.8) is 0 Å². The molecule has 5 heteroatoms. The maximum atomic E-state index is 12.4. The summed E-state index contributed by atoms with van der Waals surface area (Å²) in [6, 6.07) is 0. The predicted octanol–water partition coefficient (Wildman–Crippen LogP) is 2.66. The highest BCUT2D eigenvalue weighted by atomic mass is 16.5. The van der Waals surface area contributed by atoms with Crippen molar-refractivity contribution in [1.82, 2.24) is 0 Å². The summed E-state index contributed by atoms with van der Waals surface area (Å²) in [4.78, 5) is 35.1. The van der Waals surface area contributed by atoms with Crippen molar-refractivity contribution in [3.05, 3.63) is 0 Å². The molecule has 0 aliphatic heterocycles. The highest BCUT2D eigenvalue weighted by molar-refractivity contribution is 5.85. The average Bonchev–Trinajstić information content (AvgIpc) is 2.45. The summed E-state index contributed by atoms with van der Waals surface area (Å²) in [6.07, 6.45) is 4.39. The fraction of sp³-hybridized carbons (Fsp3) is 0.812. The maximum Gasteiger partial charge on any atom is 0.305 e. The van der Waals surface area contributed by atoms with Gasteiger partial charge in [0.25, 0.3) is 0 Å². The van der Waals surface area contributed by atoms with Gasteiger partial charge >= 0.3 is 11.9 Å². The molecule has 2 atom stereocenters. The third-order valence-corrected chi connectivity index (χ3v) is 3.91. The number of ketones is 1. The number of Topliss-reactive ketones (excluding diaryl/α,β-unsaturated/α-hetero) is 1. The van der Waals surface area contributed by atoms with Gasteiger partial charge in [0, 0.05) is 24.7 Å². The second-order valence-corrected chi connectivity index (χ2v) is 5.41. The molecule has 0 unspecified atom stereocenters. The van der Waals surface area contributed by atoms with Gasteiger partial charge in [-0.05, 0) is 39.5 Å². The van der Waals surface area contributed by atoms with Crippen molar-refractivity contribution in [2.45, 2.75) is 58.8 Å². The van der Waals surface area contributed by atoms with E-state index in [4.69, 9.17) is 9.47 Å². The number of ether oxygens (including phenoxy) is 2. The topological polar surface area (TPSA) is 69.7 Å². The zero-order valence-corrected chi connectivity index (χ0v) is 13.1. The summed E-state index contributed by atoms with van der Waals surface area (Å²) in [5.74, 6) is -0.390. The van der Waals surface area contributed by atoms with Crippen LogP contribution in [0.15, 0.2) is 0 Å². The number of rotatable bonds is 8. The van der Waals surface area contributed by atoms with Crippen molar-refractivity contribution in [3.8, 4) is 0 Å². The fourth-order valence-electron chi connectivity index (χ4n) is 2.85. The quantitative estimate of drug-likeness (QED) is 0.644. The third kappa shape index (κ3) is 6.27. The van der Waals surface area contributed by atoms with Crippen LogP contribution in [-0.4, -0.2) is 30.9 Å². The normalized spacial score (nSPS) is 21.9. The van der Waals surface area contributed by atoms with E-state index in [1.165, 1.54) is 0 Å². The van der Waals surface area contributed by atoms with Gasteiger partial charge < -0.3 is 9.47 Å². The van der Waals surface area contributed by atoms with Crippen LogP contribution >= 0.6 is 0 Å². The van der Waals surface area contributed by atoms with Gasteiger partial charge in [-0.25, -0.2) is 0 Å². The summed E-state index contributed by atoms with van der Waals surface area (Å²) >= 11 is 0. The first kappa shape index (κ1) is 17.7. The zero-order chi connectivity index (χ0) is 15.7. The van der Waals surface area contributed by atoms with Crippen LogP contribution in [0, 0.1) is 11.8 Å². The lowest BCUT2D eigenvalue weighted by molar-refractivity contribution is -0.144. The molecule has 21 heavy (non-hydrogen) atoms. The van der Waals surface area contributed by atoms with Gasteiger partial charge in [-0.1, -0.05) is 6.42 Å². The lowest BCUT2D eigenvalue weighted by Gasteiger charge is -2.27. The highest BCUT2D eigenvalue weighted by Gasteiger charge is 2.31. The molecule has 1 aliphatic rings. The Morgan fingerprint density at radius 3 is 1.76 bits per heavy atom. The molecular formula is C16H26O5. The van der Waals surface area contributed by atoms with Gasteiger partial charge in [0.15, 0.2) is 0 Å². The van der Waals surface area contributed by atoms with E-state index in [0.29, 0.717) is 38.9 Å². The first-order valence-electron chi connectivity index (χ1n) is 7.93. The van der Waals surface area contributed by atoms with Crippen LogP contribution in [0.1, 0.15) is 58.8 Å². The molecule has 120 valence electrons. The largest absolute Gasteiger partial charge is 0.466 e. The number of carbonyl (C=O) groups is 3. The Hall–Kier alpha value is -1.39. The summed E-state index contributed by atoms with van der Waals surface area (Å²) in [5, 5.41) is 0. The molecule has 1 fully saturated rings. The van der Waals surface area contributed by atoms with E-state index in [0.717, 1.165) is 19.3 Å². The van der Waals surface area contributed by atoms with Crippen LogP contribution in [0.4, 0.5) is 0 Å². The molecule has 1 saturated carbocycles. The fourth-order valence-corrected chi connectivity index (χ4v) is 2.85. The van der Waals surface area contributed by atoms with E-state index >= 15 is 0 Å². The molecule has 0 radical (unpaired) electrons. The van der Waals surface area contributed by atoms with Gasteiger partial charge in [-0.2, -0.15) is 0 Å². The molecular weight excluding hydrogens is 272 g/mol. The Labute approximate surface area is 126 Å². The number of esters is 2. The SMILES string of the molecule is CCOC(=O)CC[C@H]1CCC[C@@H](CCC(=O)OCC)C1=O. The van der Waals surface area contributed by atoms with Gasteiger partial charge in [0.1, 0.15) is 5.78 Å². The zero-order valence-electron chi connectivity index (χ0n) is 13.1. The Morgan fingerprint density at radius 2 is 1.38 bits per heavy atom. The highest BCUT2D eigenvalue weighted by Crippen LogP contribution is 2.31. The lowest BCUT2D eigenvalue weighted by atomic mass is 9.76. The first-order chi connectivity index (χ1) is 10.1. The van der Waals surface area contributed by atoms with Crippen LogP contribution in [0.3, 0.4) is 0 Å². The molecule has 0 aromatic rings. The minimum Gasteiger partial charge on any atom is -0.466 e. The molecule has 0 bridgehead atoms. The van der Waals surface area contributed by atoms with Crippen molar-refractivity contribution in [1.29, 1.82) is 0 Å². The summed E-state index contributed by atoms with van der Waals surface area (Å²) < 4.78 is 9.78. The second kappa shape index (κ2) is 9.53. The van der Waals surface area contributed by atoms with E-state index in [1.54, 1.807) is 13.8 Å². The molecule has 1 rings (SSSR count). The van der Waals surface area contributed by atoms with E-state index in [9.17, 15) is 14.4 Å². The van der Waals surface area contributed by atoms with Gasteiger partial charge in [-0.3, -0.25) is 14.4 Å². The molecule has 0 aromatic heterocycles. The maximum absolute atomic E-state index is 12.4. The molecule has 5 nitrogen and oxygen atoms in total. The summed E-state index contributed by atoms with van der Waals surface area (Å²) in [6.45, 7) is 4.30. The first-order valence-corrected chi connectivity index (χ1v) is 7.93. The van der Waals surface area contributed by atoms with Crippen LogP contribution in [0.2, 0.25) is 0 Å². The Balaban J connectivity index is 2.37. The smallest absolute Gasteiger partial charge is 0.305 e. The van der Waals surface area contributed by atoms with Gasteiger partial charge in [0.2, 0.25) is 0 Å². The number of hydrogen-bond acceptors (Lipinski definition) is 5. The molecule has 0 heterocycles. The monoisotopic (exact) mass is 298 g/mol. The van der Waals surface area contributed by atoms with Gasteiger partial charge in [-0.15, -0.1) is 0 Å². The molecule has 0 amide bonds. The van der Waals surface area contributed by atoms with Crippen LogP contribution in [-0.2, 0) is 23.9 Å². The molecule has 0 saturated heterocycles. The van der Waals surface area contributed by atoms with Crippen LogP contribution in [0.5, 0.6) is 0 Å². The van der Waals surface area contributed by atoms with Crippen molar-refractivity contribution >= 4 is 17.7 Å². The van der Waals surface area contributed by atoms with Crippen molar-refractivity contribution in [2.75, 3.05) is 13.2 Å². The van der Waals surface area contributed by atoms with E-state index in [2.05, 4.69) is 0 Å². The molecule has 1 aliphatic carbocycles. The Bertz CT molecular complexity index is 332. The molecule has 0 spiro atoms. The standard InChI is InChI=1S/C16H26O5/c1-3-20-14(17)10-8-12-6-5-7-13(16(12)19)9-11-15(18)21-4-2/h12-13H,3-11H2,1-2H3/t12-,13+. The third-order valence-electron chi connectivity index (χ3n) is 3.91. The average molecular weight is 298 g/mol. The molecule has 0 N–H and O–H groups in total. The molecule has 0 aromatic carbocycles. The summed E-state index contributed by atoms with van der Waals surface area (Å²) in [5.41, 5.74) is 0. The van der Waals surface area contributed by atoms with Gasteiger partial charge in [0.05, 0.1) is 13.2 Å². The van der Waals surface area contributed by atoms with E-state index < -0.39 is 0 Å². The van der Waals surface area contributed by atoms with E-state index in [-0.39, 0.29) is 29.6 Å². The van der Waals surface area contributed by atoms with Crippen LogP contribution < -0.4 is 0 Å². The summed E-state index contributed by atoms with van der Waals surface area (Å²) in [7, 11) is 0. The lowest BCUT2D eigenvalue weighted by Crippen LogP contribution is -2.29. The second-order valence-electron chi connectivity index (χ2n) is 5.41. The minimum absolute atomic E-state index is 0.0599.